The van der Waals surface area contributed by atoms with Crippen molar-refractivity contribution >= 4 is 24.7 Å². The number of rotatable bonds is 17. The molecule has 0 aliphatic rings. The van der Waals surface area contributed by atoms with E-state index in [0.29, 0.717) is 19.6 Å². The Bertz CT molecular complexity index is 989. The smallest absolute Gasteiger partial charge is 0.194 e. The molecule has 0 radical (unpaired) electrons. The minimum Gasteiger partial charge on any atom is -0.497 e. The molecule has 232 valence electrons. The van der Waals surface area contributed by atoms with Crippen molar-refractivity contribution in [2.45, 2.75) is 141 Å². The number of terminal acetylenes is 1. The van der Waals surface area contributed by atoms with Crippen LogP contribution in [0.5, 0.6) is 5.75 Å². The Morgan fingerprint density at radius 2 is 1.39 bits per heavy atom. The van der Waals surface area contributed by atoms with E-state index < -0.39 is 36.4 Å². The average Bonchev–Trinajstić information content (AvgIpc) is 2.97. The standard InChI is InChI=1S/C34H60O4Si3/c1-14-34(38-41(18-5,19-6)20-7,26-21-27-40(15-2,16-3)17-4)32(29-37-39(12,13)33(8,9)10)36-28-30-22-24-31(35-11)25-23-30/h1,22-25,32H,15-20,26,28-29H2,2-13H3/t32-,34-/m0/s1. The van der Waals surface area contributed by atoms with Crippen LogP contribution in [0.3, 0.4) is 0 Å². The normalized spacial score (nSPS) is 14.9. The van der Waals surface area contributed by atoms with Crippen LogP contribution in [0.4, 0.5) is 0 Å². The van der Waals surface area contributed by atoms with Gasteiger partial charge in [0.1, 0.15) is 19.9 Å². The molecule has 1 aromatic rings. The van der Waals surface area contributed by atoms with Crippen molar-refractivity contribution in [1.29, 1.82) is 0 Å². The van der Waals surface area contributed by atoms with Crippen LogP contribution in [0.15, 0.2) is 24.3 Å². The number of hydrogen-bond acceptors (Lipinski definition) is 4. The Balaban J connectivity index is 3.67. The van der Waals surface area contributed by atoms with Gasteiger partial charge in [-0.2, -0.15) is 0 Å². The number of hydrogen-bond donors (Lipinski definition) is 0. The largest absolute Gasteiger partial charge is 0.497 e. The van der Waals surface area contributed by atoms with E-state index in [0.717, 1.165) is 47.6 Å². The lowest BCUT2D eigenvalue weighted by atomic mass is 9.94. The van der Waals surface area contributed by atoms with Gasteiger partial charge in [-0.25, -0.2) is 0 Å². The van der Waals surface area contributed by atoms with Crippen molar-refractivity contribution in [2.24, 2.45) is 0 Å². The summed E-state index contributed by atoms with van der Waals surface area (Å²) in [7, 11) is -4.18. The number of methoxy groups -OCH3 is 1. The highest BCUT2D eigenvalue weighted by molar-refractivity contribution is 6.87. The van der Waals surface area contributed by atoms with Gasteiger partial charge in [-0.3, -0.25) is 0 Å². The predicted molar refractivity (Wildman–Crippen MR) is 184 cm³/mol. The fourth-order valence-electron chi connectivity index (χ4n) is 4.86. The molecule has 7 heteroatoms. The Morgan fingerprint density at radius 1 is 0.854 bits per heavy atom. The third-order valence-electron chi connectivity index (χ3n) is 9.84. The van der Waals surface area contributed by atoms with Crippen LogP contribution in [0, 0.1) is 23.8 Å². The van der Waals surface area contributed by atoms with Gasteiger partial charge in [0, 0.05) is 0 Å². The monoisotopic (exact) mass is 616 g/mol. The second-order valence-electron chi connectivity index (χ2n) is 12.9. The first-order valence-electron chi connectivity index (χ1n) is 15.8. The molecule has 0 N–H and O–H groups in total. The summed E-state index contributed by atoms with van der Waals surface area (Å²) in [6.45, 7) is 25.7. The first kappa shape index (κ1) is 37.7. The molecule has 0 bridgehead atoms. The second kappa shape index (κ2) is 16.5. The summed E-state index contributed by atoms with van der Waals surface area (Å²) in [4.78, 5) is 0. The Hall–Kier alpha value is -1.33. The molecule has 0 heterocycles. The summed E-state index contributed by atoms with van der Waals surface area (Å²) in [6, 6.07) is 14.5. The molecule has 0 amide bonds. The molecule has 0 saturated carbocycles. The molecule has 0 aliphatic carbocycles. The highest BCUT2D eigenvalue weighted by atomic mass is 28.4. The van der Waals surface area contributed by atoms with Gasteiger partial charge in [-0.05, 0) is 72.1 Å². The van der Waals surface area contributed by atoms with E-state index in [2.05, 4.69) is 92.8 Å². The quantitative estimate of drug-likeness (QED) is 0.129. The molecule has 41 heavy (non-hydrogen) atoms. The Morgan fingerprint density at radius 3 is 1.80 bits per heavy atom. The molecule has 0 aromatic heterocycles. The Kier molecular flexibility index (Phi) is 15.2. The van der Waals surface area contributed by atoms with Crippen LogP contribution in [0.2, 0.25) is 54.4 Å². The lowest BCUT2D eigenvalue weighted by Crippen LogP contribution is -2.56. The summed E-state index contributed by atoms with van der Waals surface area (Å²) >= 11 is 0. The van der Waals surface area contributed by atoms with Crippen LogP contribution in [-0.2, 0) is 20.2 Å². The fraction of sp³-hybridized carbons (Fsp3) is 0.706. The topological polar surface area (TPSA) is 36.9 Å². The van der Waals surface area contributed by atoms with Crippen LogP contribution in [0.25, 0.3) is 0 Å². The van der Waals surface area contributed by atoms with Gasteiger partial charge in [0.15, 0.2) is 22.2 Å². The van der Waals surface area contributed by atoms with Gasteiger partial charge >= 0.3 is 0 Å². The molecule has 0 spiro atoms. The van der Waals surface area contributed by atoms with Gasteiger partial charge in [0.25, 0.3) is 0 Å². The van der Waals surface area contributed by atoms with Crippen molar-refractivity contribution in [2.75, 3.05) is 13.7 Å². The molecule has 0 aliphatic heterocycles. The van der Waals surface area contributed by atoms with Gasteiger partial charge in [-0.15, -0.1) is 17.9 Å². The Labute approximate surface area is 256 Å². The van der Waals surface area contributed by atoms with Crippen LogP contribution >= 0.6 is 0 Å². The predicted octanol–water partition coefficient (Wildman–Crippen LogP) is 9.44. The lowest BCUT2D eigenvalue weighted by molar-refractivity contribution is -0.0917. The summed E-state index contributed by atoms with van der Waals surface area (Å²) in [5, 5.41) is 0.0658. The number of ether oxygens (including phenoxy) is 2. The molecule has 1 rings (SSSR count). The average molecular weight is 617 g/mol. The van der Waals surface area contributed by atoms with E-state index >= 15 is 0 Å². The number of benzene rings is 1. The SMILES string of the molecule is C#C[C@@](CC#C[Si](CC)(CC)CC)(O[Si](CC)(CC)CC)[C@H](CO[Si](C)(C)C(C)(C)C)OCc1ccc(OC)cc1. The van der Waals surface area contributed by atoms with E-state index in [9.17, 15) is 0 Å². The van der Waals surface area contributed by atoms with Gasteiger partial charge in [0.05, 0.1) is 26.7 Å². The van der Waals surface area contributed by atoms with E-state index in [4.69, 9.17) is 24.7 Å². The maximum atomic E-state index is 7.28. The second-order valence-corrected chi connectivity index (χ2v) is 27.4. The van der Waals surface area contributed by atoms with E-state index in [1.807, 2.05) is 24.3 Å². The molecule has 4 nitrogen and oxygen atoms in total. The van der Waals surface area contributed by atoms with Crippen LogP contribution < -0.4 is 4.74 Å². The van der Waals surface area contributed by atoms with Gasteiger partial charge < -0.3 is 18.3 Å². The van der Waals surface area contributed by atoms with E-state index in [1.54, 1.807) is 7.11 Å². The molecular weight excluding hydrogens is 557 g/mol. The molecule has 0 saturated heterocycles. The third kappa shape index (κ3) is 10.1. The van der Waals surface area contributed by atoms with E-state index in [1.165, 1.54) is 0 Å². The molecule has 1 aromatic carbocycles. The molecule has 0 fully saturated rings. The van der Waals surface area contributed by atoms with Gasteiger partial charge in [0.2, 0.25) is 0 Å². The maximum Gasteiger partial charge on any atom is 0.194 e. The first-order chi connectivity index (χ1) is 19.2. The minimum absolute atomic E-state index is 0.0658. The molecular formula is C34H60O4Si3. The molecule has 2 atom stereocenters. The molecule has 0 unspecified atom stereocenters. The van der Waals surface area contributed by atoms with Crippen molar-refractivity contribution in [3.8, 4) is 29.6 Å². The summed E-state index contributed by atoms with van der Waals surface area (Å²) < 4.78 is 26.2. The summed E-state index contributed by atoms with van der Waals surface area (Å²) in [5.74, 6) is 7.59. The zero-order valence-electron chi connectivity index (χ0n) is 28.5. The third-order valence-corrected chi connectivity index (χ3v) is 23.8. The fourth-order valence-corrected chi connectivity index (χ4v) is 11.3. The maximum absolute atomic E-state index is 7.28. The van der Waals surface area contributed by atoms with Crippen molar-refractivity contribution in [3.63, 3.8) is 0 Å². The van der Waals surface area contributed by atoms with E-state index in [-0.39, 0.29) is 5.04 Å². The van der Waals surface area contributed by atoms with Crippen molar-refractivity contribution in [3.05, 3.63) is 29.8 Å². The highest BCUT2D eigenvalue weighted by Gasteiger charge is 2.47. The first-order valence-corrected chi connectivity index (χ1v) is 23.8. The summed E-state index contributed by atoms with van der Waals surface area (Å²) in [5.41, 5.74) is 3.85. The zero-order valence-corrected chi connectivity index (χ0v) is 31.5. The highest BCUT2D eigenvalue weighted by Crippen LogP contribution is 2.39. The zero-order chi connectivity index (χ0) is 31.4. The van der Waals surface area contributed by atoms with Crippen LogP contribution in [0.1, 0.15) is 74.3 Å². The minimum atomic E-state index is -2.13. The van der Waals surface area contributed by atoms with Crippen molar-refractivity contribution in [1.82, 2.24) is 0 Å². The lowest BCUT2D eigenvalue weighted by Gasteiger charge is -2.44. The van der Waals surface area contributed by atoms with Gasteiger partial charge in [-0.1, -0.05) is 80.4 Å². The summed E-state index contributed by atoms with van der Waals surface area (Å²) in [6.07, 6.45) is 6.52. The van der Waals surface area contributed by atoms with Crippen LogP contribution in [-0.4, -0.2) is 50.1 Å². The van der Waals surface area contributed by atoms with Crippen molar-refractivity contribution < 1.29 is 18.3 Å².